The number of aromatic nitrogens is 1. The molecule has 110 valence electrons. The minimum absolute atomic E-state index is 0.750. The van der Waals surface area contributed by atoms with Gasteiger partial charge < -0.3 is 15.0 Å². The largest absolute Gasteiger partial charge is 0.381 e. The Balaban J connectivity index is 1.41. The summed E-state index contributed by atoms with van der Waals surface area (Å²) in [5, 5.41) is 3.48. The molecule has 20 heavy (non-hydrogen) atoms. The Morgan fingerprint density at radius 3 is 3.15 bits per heavy atom. The summed E-state index contributed by atoms with van der Waals surface area (Å²) >= 11 is 0. The maximum Gasteiger partial charge on any atom is 0.126 e. The van der Waals surface area contributed by atoms with E-state index >= 15 is 0 Å². The van der Waals surface area contributed by atoms with Crippen molar-refractivity contribution in [3.05, 3.63) is 23.9 Å². The molecule has 0 aliphatic carbocycles. The fraction of sp³-hybridized carbons (Fsp3) is 0.688. The van der Waals surface area contributed by atoms with E-state index in [4.69, 9.17) is 4.74 Å². The third-order valence-corrected chi connectivity index (χ3v) is 4.40. The highest BCUT2D eigenvalue weighted by Gasteiger charge is 2.26. The molecule has 1 N–H and O–H groups in total. The van der Waals surface area contributed by atoms with Crippen molar-refractivity contribution in [2.24, 2.45) is 11.8 Å². The fourth-order valence-corrected chi connectivity index (χ4v) is 3.22. The van der Waals surface area contributed by atoms with Gasteiger partial charge in [-0.15, -0.1) is 0 Å². The summed E-state index contributed by atoms with van der Waals surface area (Å²) in [5.41, 5.74) is 1.26. The van der Waals surface area contributed by atoms with E-state index < -0.39 is 0 Å². The lowest BCUT2D eigenvalue weighted by Crippen LogP contribution is -2.28. The highest BCUT2D eigenvalue weighted by molar-refractivity contribution is 5.36. The van der Waals surface area contributed by atoms with Crippen LogP contribution in [0.1, 0.15) is 18.4 Å². The van der Waals surface area contributed by atoms with Gasteiger partial charge in [0.2, 0.25) is 0 Å². The van der Waals surface area contributed by atoms with Gasteiger partial charge in [-0.2, -0.15) is 0 Å². The zero-order chi connectivity index (χ0) is 13.8. The van der Waals surface area contributed by atoms with E-state index in [1.807, 2.05) is 12.3 Å². The van der Waals surface area contributed by atoms with E-state index in [9.17, 15) is 0 Å². The first-order valence-corrected chi connectivity index (χ1v) is 7.76. The molecule has 2 atom stereocenters. The average molecular weight is 275 g/mol. The molecule has 2 aliphatic heterocycles. The SMILES string of the molecule is Cc1ccnc(NCC2CCN(CC3CCOC3)C2)c1. The molecule has 4 heteroatoms. The van der Waals surface area contributed by atoms with Gasteiger partial charge in [-0.3, -0.25) is 0 Å². The lowest BCUT2D eigenvalue weighted by atomic mass is 10.1. The highest BCUT2D eigenvalue weighted by Crippen LogP contribution is 2.21. The first-order valence-electron chi connectivity index (χ1n) is 7.76. The Labute approximate surface area is 121 Å². The quantitative estimate of drug-likeness (QED) is 0.893. The second-order valence-electron chi connectivity index (χ2n) is 6.24. The zero-order valence-corrected chi connectivity index (χ0v) is 12.3. The van der Waals surface area contributed by atoms with E-state index in [1.54, 1.807) is 0 Å². The summed E-state index contributed by atoms with van der Waals surface area (Å²) in [6.45, 7) is 8.75. The van der Waals surface area contributed by atoms with E-state index in [0.29, 0.717) is 0 Å². The van der Waals surface area contributed by atoms with Crippen LogP contribution in [-0.4, -0.2) is 49.3 Å². The van der Waals surface area contributed by atoms with Crippen molar-refractivity contribution in [1.82, 2.24) is 9.88 Å². The maximum atomic E-state index is 5.46. The lowest BCUT2D eigenvalue weighted by Gasteiger charge is -2.19. The molecule has 2 aliphatic rings. The van der Waals surface area contributed by atoms with Crippen LogP contribution in [0.2, 0.25) is 0 Å². The van der Waals surface area contributed by atoms with Gasteiger partial charge in [0.15, 0.2) is 0 Å². The van der Waals surface area contributed by atoms with E-state index in [2.05, 4.69) is 28.2 Å². The van der Waals surface area contributed by atoms with Gasteiger partial charge in [-0.1, -0.05) is 0 Å². The predicted molar refractivity (Wildman–Crippen MR) is 80.9 cm³/mol. The Bertz CT molecular complexity index is 431. The van der Waals surface area contributed by atoms with Crippen LogP contribution >= 0.6 is 0 Å². The Hall–Kier alpha value is -1.13. The highest BCUT2D eigenvalue weighted by atomic mass is 16.5. The molecule has 1 aromatic heterocycles. The van der Waals surface area contributed by atoms with Crippen LogP contribution in [-0.2, 0) is 4.74 Å². The zero-order valence-electron chi connectivity index (χ0n) is 12.3. The van der Waals surface area contributed by atoms with Gasteiger partial charge in [0.05, 0.1) is 6.61 Å². The number of likely N-dealkylation sites (tertiary alicyclic amines) is 1. The van der Waals surface area contributed by atoms with Crippen LogP contribution in [0.4, 0.5) is 5.82 Å². The normalized spacial score (nSPS) is 27.1. The molecule has 2 unspecified atom stereocenters. The standard InChI is InChI=1S/C16H25N3O/c1-13-2-5-17-16(8-13)18-9-14-3-6-19(10-14)11-15-4-7-20-12-15/h2,5,8,14-15H,3-4,6-7,9-12H2,1H3,(H,17,18). The summed E-state index contributed by atoms with van der Waals surface area (Å²) in [6.07, 6.45) is 4.41. The second-order valence-corrected chi connectivity index (χ2v) is 6.24. The van der Waals surface area contributed by atoms with Crippen LogP contribution in [0.15, 0.2) is 18.3 Å². The molecule has 0 amide bonds. The smallest absolute Gasteiger partial charge is 0.126 e. The molecular formula is C16H25N3O. The number of hydrogen-bond donors (Lipinski definition) is 1. The molecule has 1 aromatic rings. The topological polar surface area (TPSA) is 37.4 Å². The van der Waals surface area contributed by atoms with Crippen molar-refractivity contribution in [3.63, 3.8) is 0 Å². The third-order valence-electron chi connectivity index (χ3n) is 4.40. The second kappa shape index (κ2) is 6.55. The number of rotatable bonds is 5. The molecule has 0 spiro atoms. The number of pyridine rings is 1. The maximum absolute atomic E-state index is 5.46. The van der Waals surface area contributed by atoms with Crippen LogP contribution in [0.5, 0.6) is 0 Å². The van der Waals surface area contributed by atoms with Gasteiger partial charge >= 0.3 is 0 Å². The molecule has 4 nitrogen and oxygen atoms in total. The average Bonchev–Trinajstić information content (AvgIpc) is 3.09. The first kappa shape index (κ1) is 13.8. The molecule has 3 heterocycles. The predicted octanol–water partition coefficient (Wildman–Crippen LogP) is 2.16. The number of aryl methyl sites for hydroxylation is 1. The summed E-state index contributed by atoms with van der Waals surface area (Å²) < 4.78 is 5.46. The van der Waals surface area contributed by atoms with Crippen molar-refractivity contribution >= 4 is 5.82 Å². The van der Waals surface area contributed by atoms with Crippen LogP contribution in [0, 0.1) is 18.8 Å². The van der Waals surface area contributed by atoms with Crippen molar-refractivity contribution in [1.29, 1.82) is 0 Å². The number of nitrogens with one attached hydrogen (secondary N) is 1. The van der Waals surface area contributed by atoms with Gasteiger partial charge in [-0.05, 0) is 55.8 Å². The van der Waals surface area contributed by atoms with E-state index in [-0.39, 0.29) is 0 Å². The molecule has 2 saturated heterocycles. The van der Waals surface area contributed by atoms with Gasteiger partial charge in [0.1, 0.15) is 5.82 Å². The molecule has 0 radical (unpaired) electrons. The minimum Gasteiger partial charge on any atom is -0.381 e. The molecule has 0 saturated carbocycles. The number of hydrogen-bond acceptors (Lipinski definition) is 4. The van der Waals surface area contributed by atoms with Crippen molar-refractivity contribution in [2.45, 2.75) is 19.8 Å². The van der Waals surface area contributed by atoms with Crippen LogP contribution in [0.3, 0.4) is 0 Å². The lowest BCUT2D eigenvalue weighted by molar-refractivity contribution is 0.173. The number of nitrogens with zero attached hydrogens (tertiary/aromatic N) is 2. The van der Waals surface area contributed by atoms with Crippen molar-refractivity contribution in [2.75, 3.05) is 44.7 Å². The molecule has 0 aromatic carbocycles. The third kappa shape index (κ3) is 3.70. The van der Waals surface area contributed by atoms with Crippen LogP contribution < -0.4 is 5.32 Å². The molecule has 0 bridgehead atoms. The summed E-state index contributed by atoms with van der Waals surface area (Å²) in [6, 6.07) is 4.15. The van der Waals surface area contributed by atoms with Gasteiger partial charge in [0.25, 0.3) is 0 Å². The Morgan fingerprint density at radius 2 is 2.35 bits per heavy atom. The monoisotopic (exact) mass is 275 g/mol. The van der Waals surface area contributed by atoms with Crippen LogP contribution in [0.25, 0.3) is 0 Å². The molecule has 3 rings (SSSR count). The fourth-order valence-electron chi connectivity index (χ4n) is 3.22. The summed E-state index contributed by atoms with van der Waals surface area (Å²) in [7, 11) is 0. The van der Waals surface area contributed by atoms with Crippen molar-refractivity contribution in [3.8, 4) is 0 Å². The first-order chi connectivity index (χ1) is 9.79. The number of anilines is 1. The minimum atomic E-state index is 0.750. The summed E-state index contributed by atoms with van der Waals surface area (Å²) in [5.74, 6) is 2.52. The van der Waals surface area contributed by atoms with E-state index in [0.717, 1.165) is 37.4 Å². The Kier molecular flexibility index (Phi) is 4.53. The summed E-state index contributed by atoms with van der Waals surface area (Å²) in [4.78, 5) is 6.97. The van der Waals surface area contributed by atoms with Crippen molar-refractivity contribution < 1.29 is 4.74 Å². The Morgan fingerprint density at radius 1 is 1.40 bits per heavy atom. The van der Waals surface area contributed by atoms with Gasteiger partial charge in [0, 0.05) is 32.4 Å². The molecular weight excluding hydrogens is 250 g/mol. The number of ether oxygens (including phenoxy) is 1. The van der Waals surface area contributed by atoms with Gasteiger partial charge in [-0.25, -0.2) is 4.98 Å². The molecule has 2 fully saturated rings. The van der Waals surface area contributed by atoms with E-state index in [1.165, 1.54) is 38.0 Å².